The topological polar surface area (TPSA) is 59.2 Å². The number of fused-ring (bicyclic) bond motifs is 1. The average Bonchev–Trinajstić information content (AvgIpc) is 2.42. The number of benzene rings is 1. The van der Waals surface area contributed by atoms with Crippen LogP contribution in [0.5, 0.6) is 0 Å². The van der Waals surface area contributed by atoms with Crippen molar-refractivity contribution in [2.45, 2.75) is 19.4 Å². The van der Waals surface area contributed by atoms with E-state index in [2.05, 4.69) is 18.8 Å². The van der Waals surface area contributed by atoms with Gasteiger partial charge in [0, 0.05) is 24.7 Å². The van der Waals surface area contributed by atoms with Gasteiger partial charge in [0.15, 0.2) is 0 Å². The first-order chi connectivity index (χ1) is 9.51. The summed E-state index contributed by atoms with van der Waals surface area (Å²) in [5.74, 6) is 0.422. The second kappa shape index (κ2) is 4.56. The Morgan fingerprint density at radius 2 is 2.00 bits per heavy atom. The van der Waals surface area contributed by atoms with Crippen LogP contribution in [-0.4, -0.2) is 34.4 Å². The minimum absolute atomic E-state index is 0.0466. The molecule has 0 saturated carbocycles. The van der Waals surface area contributed by atoms with Crippen molar-refractivity contribution >= 4 is 16.8 Å². The van der Waals surface area contributed by atoms with Gasteiger partial charge < -0.3 is 10.6 Å². The number of rotatable bonds is 2. The monoisotopic (exact) mass is 269 g/mol. The molecule has 0 aliphatic carbocycles. The summed E-state index contributed by atoms with van der Waals surface area (Å²) in [5.41, 5.74) is 7.58. The molecule has 2 heterocycles. The fourth-order valence-electron chi connectivity index (χ4n) is 2.63. The van der Waals surface area contributed by atoms with E-state index in [4.69, 9.17) is 5.73 Å². The SMILES string of the molecule is CC(C)C1(N)CN(C(=O)c2ccnc3ccccc23)C1. The summed E-state index contributed by atoms with van der Waals surface area (Å²) in [6, 6.07) is 9.50. The maximum Gasteiger partial charge on any atom is 0.254 e. The first-order valence-electron chi connectivity index (χ1n) is 6.93. The van der Waals surface area contributed by atoms with Gasteiger partial charge in [-0.2, -0.15) is 0 Å². The molecule has 104 valence electrons. The van der Waals surface area contributed by atoms with E-state index in [-0.39, 0.29) is 11.4 Å². The van der Waals surface area contributed by atoms with Gasteiger partial charge in [0.05, 0.1) is 16.6 Å². The Morgan fingerprint density at radius 1 is 1.30 bits per heavy atom. The van der Waals surface area contributed by atoms with Crippen LogP contribution in [0.1, 0.15) is 24.2 Å². The van der Waals surface area contributed by atoms with Gasteiger partial charge in [-0.1, -0.05) is 32.0 Å². The third kappa shape index (κ3) is 1.96. The first kappa shape index (κ1) is 13.1. The minimum Gasteiger partial charge on any atom is -0.335 e. The van der Waals surface area contributed by atoms with E-state index in [1.807, 2.05) is 29.2 Å². The number of hydrogen-bond donors (Lipinski definition) is 1. The molecule has 1 aromatic carbocycles. The van der Waals surface area contributed by atoms with E-state index in [0.29, 0.717) is 24.6 Å². The van der Waals surface area contributed by atoms with Gasteiger partial charge in [-0.3, -0.25) is 9.78 Å². The minimum atomic E-state index is -0.238. The first-order valence-corrected chi connectivity index (χ1v) is 6.93. The highest BCUT2D eigenvalue weighted by Crippen LogP contribution is 2.28. The van der Waals surface area contributed by atoms with E-state index in [0.717, 1.165) is 10.9 Å². The molecule has 1 fully saturated rings. The van der Waals surface area contributed by atoms with E-state index < -0.39 is 0 Å². The fraction of sp³-hybridized carbons (Fsp3) is 0.375. The number of aromatic nitrogens is 1. The lowest BCUT2D eigenvalue weighted by atomic mass is 9.80. The highest BCUT2D eigenvalue weighted by molar-refractivity contribution is 6.06. The van der Waals surface area contributed by atoms with E-state index >= 15 is 0 Å². The number of carbonyl (C=O) groups excluding carboxylic acids is 1. The Balaban J connectivity index is 1.88. The molecule has 3 rings (SSSR count). The molecule has 2 N–H and O–H groups in total. The van der Waals surface area contributed by atoms with Crippen molar-refractivity contribution < 1.29 is 4.79 Å². The fourth-order valence-corrected chi connectivity index (χ4v) is 2.63. The zero-order valence-electron chi connectivity index (χ0n) is 11.8. The highest BCUT2D eigenvalue weighted by atomic mass is 16.2. The van der Waals surface area contributed by atoms with Gasteiger partial charge in [-0.15, -0.1) is 0 Å². The van der Waals surface area contributed by atoms with Crippen LogP contribution < -0.4 is 5.73 Å². The summed E-state index contributed by atoms with van der Waals surface area (Å²) in [5, 5.41) is 0.902. The summed E-state index contributed by atoms with van der Waals surface area (Å²) in [6.07, 6.45) is 1.69. The number of pyridine rings is 1. The predicted molar refractivity (Wildman–Crippen MR) is 79.4 cm³/mol. The molecule has 1 aromatic heterocycles. The van der Waals surface area contributed by atoms with Crippen molar-refractivity contribution in [1.29, 1.82) is 0 Å². The van der Waals surface area contributed by atoms with Crippen LogP contribution in [0.25, 0.3) is 10.9 Å². The zero-order valence-corrected chi connectivity index (χ0v) is 11.8. The molecule has 0 radical (unpaired) electrons. The second-order valence-corrected chi connectivity index (χ2v) is 5.92. The van der Waals surface area contributed by atoms with E-state index in [9.17, 15) is 4.79 Å². The summed E-state index contributed by atoms with van der Waals surface area (Å²) in [4.78, 5) is 18.7. The lowest BCUT2D eigenvalue weighted by Crippen LogP contribution is -2.71. The molecule has 20 heavy (non-hydrogen) atoms. The number of nitrogens with two attached hydrogens (primary N) is 1. The number of nitrogens with zero attached hydrogens (tertiary/aromatic N) is 2. The van der Waals surface area contributed by atoms with Crippen molar-refractivity contribution in [3.63, 3.8) is 0 Å². The number of para-hydroxylation sites is 1. The van der Waals surface area contributed by atoms with Crippen LogP contribution in [-0.2, 0) is 0 Å². The lowest BCUT2D eigenvalue weighted by molar-refractivity contribution is 0.0276. The molecule has 4 heteroatoms. The van der Waals surface area contributed by atoms with E-state index in [1.54, 1.807) is 12.3 Å². The van der Waals surface area contributed by atoms with Crippen molar-refractivity contribution in [3.8, 4) is 0 Å². The van der Waals surface area contributed by atoms with Gasteiger partial charge in [-0.25, -0.2) is 0 Å². The maximum atomic E-state index is 12.6. The molecular weight excluding hydrogens is 250 g/mol. The second-order valence-electron chi connectivity index (χ2n) is 5.92. The van der Waals surface area contributed by atoms with Crippen LogP contribution in [0, 0.1) is 5.92 Å². The van der Waals surface area contributed by atoms with Gasteiger partial charge in [0.25, 0.3) is 5.91 Å². The molecular formula is C16H19N3O. The van der Waals surface area contributed by atoms with Crippen LogP contribution in [0.4, 0.5) is 0 Å². The normalized spacial score (nSPS) is 17.3. The molecule has 0 spiro atoms. The summed E-state index contributed by atoms with van der Waals surface area (Å²) in [6.45, 7) is 5.45. The Bertz CT molecular complexity index is 654. The van der Waals surface area contributed by atoms with Gasteiger partial charge in [0.1, 0.15) is 0 Å². The zero-order chi connectivity index (χ0) is 14.3. The Morgan fingerprint density at radius 3 is 2.70 bits per heavy atom. The smallest absolute Gasteiger partial charge is 0.254 e. The van der Waals surface area contributed by atoms with E-state index in [1.165, 1.54) is 0 Å². The highest BCUT2D eigenvalue weighted by Gasteiger charge is 2.44. The van der Waals surface area contributed by atoms with Crippen LogP contribution in [0.3, 0.4) is 0 Å². The Hall–Kier alpha value is -1.94. The van der Waals surface area contributed by atoms with Crippen LogP contribution in [0.2, 0.25) is 0 Å². The standard InChI is InChI=1S/C16H19N3O/c1-11(2)16(17)9-19(10-16)15(20)13-7-8-18-14-6-4-3-5-12(13)14/h3-8,11H,9-10,17H2,1-2H3. The third-order valence-corrected chi connectivity index (χ3v) is 4.29. The summed E-state index contributed by atoms with van der Waals surface area (Å²) >= 11 is 0. The summed E-state index contributed by atoms with van der Waals surface area (Å²) < 4.78 is 0. The molecule has 1 aliphatic rings. The quantitative estimate of drug-likeness (QED) is 0.907. The van der Waals surface area contributed by atoms with Crippen LogP contribution >= 0.6 is 0 Å². The number of carbonyl (C=O) groups is 1. The Kier molecular flexibility index (Phi) is 2.98. The predicted octanol–water partition coefficient (Wildman–Crippen LogP) is 2.04. The van der Waals surface area contributed by atoms with Crippen molar-refractivity contribution in [2.24, 2.45) is 11.7 Å². The molecule has 0 unspecified atom stereocenters. The largest absolute Gasteiger partial charge is 0.335 e. The molecule has 1 aliphatic heterocycles. The molecule has 2 aromatic rings. The van der Waals surface area contributed by atoms with Crippen molar-refractivity contribution in [3.05, 3.63) is 42.1 Å². The molecule has 4 nitrogen and oxygen atoms in total. The molecule has 1 amide bonds. The summed E-state index contributed by atoms with van der Waals surface area (Å²) in [7, 11) is 0. The molecule has 0 bridgehead atoms. The van der Waals surface area contributed by atoms with Crippen molar-refractivity contribution in [1.82, 2.24) is 9.88 Å². The van der Waals surface area contributed by atoms with Crippen LogP contribution in [0.15, 0.2) is 36.5 Å². The Labute approximate surface area is 118 Å². The maximum absolute atomic E-state index is 12.6. The molecule has 1 saturated heterocycles. The van der Waals surface area contributed by atoms with Gasteiger partial charge in [-0.05, 0) is 18.1 Å². The lowest BCUT2D eigenvalue weighted by Gasteiger charge is -2.50. The average molecular weight is 269 g/mol. The third-order valence-electron chi connectivity index (χ3n) is 4.29. The number of amides is 1. The van der Waals surface area contributed by atoms with Gasteiger partial charge in [0.2, 0.25) is 0 Å². The molecule has 0 atom stereocenters. The number of likely N-dealkylation sites (tertiary alicyclic amines) is 1. The van der Waals surface area contributed by atoms with Gasteiger partial charge >= 0.3 is 0 Å². The van der Waals surface area contributed by atoms with Crippen molar-refractivity contribution in [2.75, 3.05) is 13.1 Å². The number of hydrogen-bond acceptors (Lipinski definition) is 3.